The van der Waals surface area contributed by atoms with Crippen molar-refractivity contribution in [2.75, 3.05) is 7.11 Å². The Hall–Kier alpha value is -1.42. The first-order valence-corrected chi connectivity index (χ1v) is 5.90. The number of amides is 1. The number of carbonyl (C=O) groups excluding carboxylic acids is 1. The minimum absolute atomic E-state index is 0.224. The molecule has 100 valence electrons. The van der Waals surface area contributed by atoms with E-state index >= 15 is 0 Å². The van der Waals surface area contributed by atoms with Gasteiger partial charge in [-0.25, -0.2) is 4.39 Å². The quantitative estimate of drug-likeness (QED) is 0.896. The van der Waals surface area contributed by atoms with E-state index in [4.69, 9.17) is 4.74 Å². The zero-order chi connectivity index (χ0) is 13.9. The summed E-state index contributed by atoms with van der Waals surface area (Å²) >= 11 is 0. The van der Waals surface area contributed by atoms with Crippen LogP contribution in [0.4, 0.5) is 4.39 Å². The van der Waals surface area contributed by atoms with Gasteiger partial charge in [-0.1, -0.05) is 12.1 Å². The van der Waals surface area contributed by atoms with E-state index in [0.717, 1.165) is 5.56 Å². The molecular weight excluding hydrogens is 233 g/mol. The highest BCUT2D eigenvalue weighted by molar-refractivity contribution is 5.84. The van der Waals surface area contributed by atoms with E-state index in [9.17, 15) is 9.18 Å². The fourth-order valence-corrected chi connectivity index (χ4v) is 1.42. The molecule has 1 aromatic rings. The predicted molar refractivity (Wildman–Crippen MR) is 68.8 cm³/mol. The van der Waals surface area contributed by atoms with Crippen LogP contribution >= 0.6 is 0 Å². The average molecular weight is 253 g/mol. The smallest absolute Gasteiger partial charge is 0.252 e. The summed E-state index contributed by atoms with van der Waals surface area (Å²) < 4.78 is 18.5. The van der Waals surface area contributed by atoms with Crippen LogP contribution in [0.25, 0.3) is 0 Å². The zero-order valence-electron chi connectivity index (χ0n) is 11.5. The molecule has 3 nitrogen and oxygen atoms in total. The van der Waals surface area contributed by atoms with Gasteiger partial charge < -0.3 is 10.1 Å². The van der Waals surface area contributed by atoms with Crippen molar-refractivity contribution >= 4 is 5.91 Å². The Morgan fingerprint density at radius 3 is 2.56 bits per heavy atom. The van der Waals surface area contributed by atoms with Crippen molar-refractivity contribution in [1.82, 2.24) is 5.32 Å². The van der Waals surface area contributed by atoms with Gasteiger partial charge in [-0.2, -0.15) is 0 Å². The number of aryl methyl sites for hydroxylation is 1. The second-order valence-electron chi connectivity index (χ2n) is 4.92. The van der Waals surface area contributed by atoms with Crippen LogP contribution in [-0.4, -0.2) is 18.6 Å². The summed E-state index contributed by atoms with van der Waals surface area (Å²) in [5, 5.41) is 2.80. The lowest BCUT2D eigenvalue weighted by molar-refractivity contribution is -0.140. The highest BCUT2D eigenvalue weighted by Gasteiger charge is 2.28. The SMILES string of the molecule is COC(C)(C)C(=O)NC(C)c1ccc(C)c(F)c1. The highest BCUT2D eigenvalue weighted by Crippen LogP contribution is 2.18. The van der Waals surface area contributed by atoms with Crippen molar-refractivity contribution in [3.05, 3.63) is 35.1 Å². The molecule has 1 aromatic carbocycles. The van der Waals surface area contributed by atoms with E-state index in [1.165, 1.54) is 13.2 Å². The summed E-state index contributed by atoms with van der Waals surface area (Å²) in [5.74, 6) is -0.488. The largest absolute Gasteiger partial charge is 0.369 e. The molecule has 1 rings (SSSR count). The third kappa shape index (κ3) is 3.29. The molecule has 0 heterocycles. The van der Waals surface area contributed by atoms with Crippen LogP contribution in [0.5, 0.6) is 0 Å². The van der Waals surface area contributed by atoms with E-state index in [2.05, 4.69) is 5.32 Å². The van der Waals surface area contributed by atoms with E-state index in [1.54, 1.807) is 26.8 Å². The Labute approximate surface area is 107 Å². The van der Waals surface area contributed by atoms with E-state index < -0.39 is 5.60 Å². The lowest BCUT2D eigenvalue weighted by Gasteiger charge is -2.24. The monoisotopic (exact) mass is 253 g/mol. The number of rotatable bonds is 4. The fourth-order valence-electron chi connectivity index (χ4n) is 1.42. The first kappa shape index (κ1) is 14.6. The fraction of sp³-hybridized carbons (Fsp3) is 0.500. The number of hydrogen-bond acceptors (Lipinski definition) is 2. The lowest BCUT2D eigenvalue weighted by Crippen LogP contribution is -2.44. The van der Waals surface area contributed by atoms with Crippen LogP contribution in [0.1, 0.15) is 37.9 Å². The van der Waals surface area contributed by atoms with Gasteiger partial charge >= 0.3 is 0 Å². The molecule has 1 unspecified atom stereocenters. The second-order valence-corrected chi connectivity index (χ2v) is 4.92. The van der Waals surface area contributed by atoms with E-state index in [0.29, 0.717) is 5.56 Å². The Balaban J connectivity index is 2.79. The van der Waals surface area contributed by atoms with Crippen LogP contribution in [0.15, 0.2) is 18.2 Å². The highest BCUT2D eigenvalue weighted by atomic mass is 19.1. The Morgan fingerprint density at radius 1 is 1.44 bits per heavy atom. The molecule has 0 bridgehead atoms. The first-order chi connectivity index (χ1) is 8.27. The second kappa shape index (κ2) is 5.48. The lowest BCUT2D eigenvalue weighted by atomic mass is 10.0. The molecule has 0 radical (unpaired) electrons. The minimum atomic E-state index is -0.891. The third-order valence-corrected chi connectivity index (χ3v) is 3.10. The number of halogens is 1. The summed E-state index contributed by atoms with van der Waals surface area (Å²) in [6.07, 6.45) is 0. The number of ether oxygens (including phenoxy) is 1. The topological polar surface area (TPSA) is 38.3 Å². The Bertz CT molecular complexity index is 443. The molecule has 0 aliphatic carbocycles. The number of nitrogens with one attached hydrogen (secondary N) is 1. The predicted octanol–water partition coefficient (Wildman–Crippen LogP) is 2.74. The summed E-state index contributed by atoms with van der Waals surface area (Å²) in [4.78, 5) is 11.9. The van der Waals surface area contributed by atoms with Gasteiger partial charge in [0, 0.05) is 7.11 Å². The maximum absolute atomic E-state index is 13.4. The number of benzene rings is 1. The van der Waals surface area contributed by atoms with E-state index in [-0.39, 0.29) is 17.8 Å². The van der Waals surface area contributed by atoms with Crippen molar-refractivity contribution < 1.29 is 13.9 Å². The van der Waals surface area contributed by atoms with Crippen LogP contribution in [0, 0.1) is 12.7 Å². The normalized spacial score (nSPS) is 13.2. The summed E-state index contributed by atoms with van der Waals surface area (Å²) in [5.41, 5.74) is 0.435. The van der Waals surface area contributed by atoms with Crippen LogP contribution in [0.3, 0.4) is 0 Å². The van der Waals surface area contributed by atoms with Gasteiger partial charge in [0.15, 0.2) is 0 Å². The van der Waals surface area contributed by atoms with Gasteiger partial charge in [0.05, 0.1) is 6.04 Å². The van der Waals surface area contributed by atoms with Gasteiger partial charge in [0.25, 0.3) is 5.91 Å². The standard InChI is InChI=1S/C14H20FNO2/c1-9-6-7-11(8-12(9)15)10(2)16-13(17)14(3,4)18-5/h6-8,10H,1-5H3,(H,16,17). The number of methoxy groups -OCH3 is 1. The van der Waals surface area contributed by atoms with Gasteiger partial charge in [0.1, 0.15) is 11.4 Å². The molecule has 0 spiro atoms. The van der Waals surface area contributed by atoms with E-state index in [1.807, 2.05) is 13.0 Å². The first-order valence-electron chi connectivity index (χ1n) is 5.90. The summed E-state index contributed by atoms with van der Waals surface area (Å²) in [7, 11) is 1.48. The van der Waals surface area contributed by atoms with Crippen LogP contribution in [-0.2, 0) is 9.53 Å². The number of carbonyl (C=O) groups is 1. The molecule has 18 heavy (non-hydrogen) atoms. The molecule has 0 saturated carbocycles. The Morgan fingerprint density at radius 2 is 2.06 bits per heavy atom. The minimum Gasteiger partial charge on any atom is -0.369 e. The maximum atomic E-state index is 13.4. The van der Waals surface area contributed by atoms with Gasteiger partial charge in [0.2, 0.25) is 0 Å². The van der Waals surface area contributed by atoms with Gasteiger partial charge in [-0.15, -0.1) is 0 Å². The van der Waals surface area contributed by atoms with Crippen LogP contribution in [0.2, 0.25) is 0 Å². The maximum Gasteiger partial charge on any atom is 0.252 e. The molecule has 0 aliphatic rings. The summed E-state index contributed by atoms with van der Waals surface area (Å²) in [6.45, 7) is 6.89. The zero-order valence-corrected chi connectivity index (χ0v) is 11.5. The molecule has 1 atom stereocenters. The molecule has 1 N–H and O–H groups in total. The molecule has 4 heteroatoms. The molecule has 0 fully saturated rings. The Kier molecular flexibility index (Phi) is 4.46. The molecule has 0 aliphatic heterocycles. The third-order valence-electron chi connectivity index (χ3n) is 3.10. The average Bonchev–Trinajstić information content (AvgIpc) is 2.32. The van der Waals surface area contributed by atoms with Gasteiger partial charge in [-0.05, 0) is 44.9 Å². The van der Waals surface area contributed by atoms with Crippen LogP contribution < -0.4 is 5.32 Å². The molecule has 1 amide bonds. The molecule has 0 saturated heterocycles. The van der Waals surface area contributed by atoms with Crippen molar-refractivity contribution in [2.45, 2.75) is 39.3 Å². The number of hydrogen-bond donors (Lipinski definition) is 1. The van der Waals surface area contributed by atoms with Crippen molar-refractivity contribution in [2.24, 2.45) is 0 Å². The van der Waals surface area contributed by atoms with Gasteiger partial charge in [-0.3, -0.25) is 4.79 Å². The summed E-state index contributed by atoms with van der Waals surface area (Å²) in [6, 6.07) is 4.69. The molecular formula is C14H20FNO2. The van der Waals surface area contributed by atoms with Crippen molar-refractivity contribution in [1.29, 1.82) is 0 Å². The van der Waals surface area contributed by atoms with Crippen molar-refractivity contribution in [3.63, 3.8) is 0 Å². The van der Waals surface area contributed by atoms with Crippen molar-refractivity contribution in [3.8, 4) is 0 Å². The molecule has 0 aromatic heterocycles.